The first-order chi connectivity index (χ1) is 13.1. The number of nitrogens with zero attached hydrogens (tertiary/aromatic N) is 4. The molecule has 0 saturated carbocycles. The average molecular weight is 365 g/mol. The highest BCUT2D eigenvalue weighted by molar-refractivity contribution is 5.92. The minimum Gasteiger partial charge on any atom is -0.497 e. The molecule has 0 radical (unpaired) electrons. The Morgan fingerprint density at radius 2 is 2.19 bits per heavy atom. The number of hydrogen-bond acceptors (Lipinski definition) is 4. The van der Waals surface area contributed by atoms with Gasteiger partial charge in [0, 0.05) is 19.0 Å². The molecule has 1 aliphatic rings. The van der Waals surface area contributed by atoms with Crippen LogP contribution in [0, 0.1) is 6.92 Å². The monoisotopic (exact) mass is 365 g/mol. The number of amides is 2. The maximum absolute atomic E-state index is 12.9. The molecule has 1 N–H and O–H groups in total. The van der Waals surface area contributed by atoms with Crippen LogP contribution in [0.4, 0.5) is 10.5 Å². The van der Waals surface area contributed by atoms with Crippen LogP contribution in [0.2, 0.25) is 0 Å². The fourth-order valence-corrected chi connectivity index (χ4v) is 3.78. The zero-order valence-electron chi connectivity index (χ0n) is 15.8. The summed E-state index contributed by atoms with van der Waals surface area (Å²) in [4.78, 5) is 19.2. The summed E-state index contributed by atoms with van der Waals surface area (Å²) in [7, 11) is 3.52. The van der Waals surface area contributed by atoms with Crippen molar-refractivity contribution in [1.29, 1.82) is 0 Å². The van der Waals surface area contributed by atoms with Gasteiger partial charge in [-0.2, -0.15) is 5.10 Å². The Balaban J connectivity index is 1.55. The summed E-state index contributed by atoms with van der Waals surface area (Å²) < 4.78 is 7.07. The minimum atomic E-state index is -0.108. The smallest absolute Gasteiger partial charge is 0.322 e. The Morgan fingerprint density at radius 1 is 1.33 bits per heavy atom. The van der Waals surface area contributed by atoms with Crippen LogP contribution >= 0.6 is 0 Å². The van der Waals surface area contributed by atoms with Crippen molar-refractivity contribution in [2.24, 2.45) is 7.05 Å². The second-order valence-corrected chi connectivity index (χ2v) is 6.86. The Bertz CT molecular complexity index is 997. The Hall–Kier alpha value is -3.09. The number of carbonyl (C=O) groups excluding carboxylic acids is 1. The Kier molecular flexibility index (Phi) is 4.43. The van der Waals surface area contributed by atoms with Crippen molar-refractivity contribution in [3.05, 3.63) is 47.8 Å². The lowest BCUT2D eigenvalue weighted by Gasteiger charge is -2.25. The van der Waals surface area contributed by atoms with Crippen LogP contribution in [-0.2, 0) is 7.05 Å². The van der Waals surface area contributed by atoms with E-state index in [1.165, 1.54) is 0 Å². The molecule has 3 aromatic rings. The topological polar surface area (TPSA) is 72.3 Å². The maximum Gasteiger partial charge on any atom is 0.322 e. The normalized spacial score (nSPS) is 16.7. The predicted octanol–water partition coefficient (Wildman–Crippen LogP) is 3.65. The zero-order valence-corrected chi connectivity index (χ0v) is 15.8. The van der Waals surface area contributed by atoms with Gasteiger partial charge in [-0.1, -0.05) is 12.1 Å². The molecule has 0 spiro atoms. The number of carbonyl (C=O) groups is 1. The summed E-state index contributed by atoms with van der Waals surface area (Å²) in [5.41, 5.74) is 3.48. The number of hydrogen-bond donors (Lipinski definition) is 1. The van der Waals surface area contributed by atoms with Crippen molar-refractivity contribution in [3.63, 3.8) is 0 Å². The fraction of sp³-hybridized carbons (Fsp3) is 0.350. The number of ether oxygens (including phenoxy) is 1. The molecule has 0 aliphatic carbocycles. The molecule has 2 aromatic heterocycles. The highest BCUT2D eigenvalue weighted by atomic mass is 16.5. The molecule has 27 heavy (non-hydrogen) atoms. The number of urea groups is 1. The van der Waals surface area contributed by atoms with Gasteiger partial charge < -0.3 is 15.0 Å². The molecule has 7 heteroatoms. The number of rotatable bonds is 3. The molecule has 1 saturated heterocycles. The van der Waals surface area contributed by atoms with Gasteiger partial charge in [0.15, 0.2) is 5.65 Å². The SMILES string of the molecule is COc1cccc(C2CCCN2C(=O)Nc2cnc3c(c2)c(C)nn3C)c1. The summed E-state index contributed by atoms with van der Waals surface area (Å²) in [6.45, 7) is 2.67. The van der Waals surface area contributed by atoms with Crippen LogP contribution in [0.5, 0.6) is 5.75 Å². The van der Waals surface area contributed by atoms with Gasteiger partial charge in [0.25, 0.3) is 0 Å². The number of aromatic nitrogens is 3. The third-order valence-electron chi connectivity index (χ3n) is 5.11. The number of fused-ring (bicyclic) bond motifs is 1. The van der Waals surface area contributed by atoms with E-state index in [0.29, 0.717) is 5.69 Å². The first-order valence-corrected chi connectivity index (χ1v) is 9.08. The van der Waals surface area contributed by atoms with Crippen molar-refractivity contribution in [1.82, 2.24) is 19.7 Å². The standard InChI is InChI=1S/C20H23N5O2/c1-13-17-11-15(12-21-19(17)24(2)23-13)22-20(26)25-9-5-8-18(25)14-6-4-7-16(10-14)27-3/h4,6-7,10-12,18H,5,8-9H2,1-3H3,(H,22,26). The van der Waals surface area contributed by atoms with E-state index in [9.17, 15) is 4.79 Å². The van der Waals surface area contributed by atoms with E-state index < -0.39 is 0 Å². The number of likely N-dealkylation sites (tertiary alicyclic amines) is 1. The lowest BCUT2D eigenvalue weighted by atomic mass is 10.0. The fourth-order valence-electron chi connectivity index (χ4n) is 3.78. The van der Waals surface area contributed by atoms with Crippen LogP contribution in [0.1, 0.15) is 30.1 Å². The highest BCUT2D eigenvalue weighted by Gasteiger charge is 2.30. The lowest BCUT2D eigenvalue weighted by Crippen LogP contribution is -2.34. The van der Waals surface area contributed by atoms with Crippen molar-refractivity contribution >= 4 is 22.8 Å². The van der Waals surface area contributed by atoms with Gasteiger partial charge in [0.2, 0.25) is 0 Å². The van der Waals surface area contributed by atoms with Gasteiger partial charge in [-0.25, -0.2) is 9.78 Å². The molecule has 1 aromatic carbocycles. The molecule has 1 atom stereocenters. The molecular formula is C20H23N5O2. The average Bonchev–Trinajstić information content (AvgIpc) is 3.27. The third kappa shape index (κ3) is 3.20. The van der Waals surface area contributed by atoms with Crippen LogP contribution in [-0.4, -0.2) is 39.4 Å². The molecule has 1 aliphatic heterocycles. The minimum absolute atomic E-state index is 0.0527. The molecule has 3 heterocycles. The summed E-state index contributed by atoms with van der Waals surface area (Å²) >= 11 is 0. The van der Waals surface area contributed by atoms with E-state index in [-0.39, 0.29) is 12.1 Å². The van der Waals surface area contributed by atoms with Gasteiger partial charge in [0.05, 0.1) is 30.7 Å². The van der Waals surface area contributed by atoms with E-state index >= 15 is 0 Å². The largest absolute Gasteiger partial charge is 0.497 e. The Morgan fingerprint density at radius 3 is 3.00 bits per heavy atom. The number of aryl methyl sites for hydroxylation is 2. The van der Waals surface area contributed by atoms with Crippen LogP contribution < -0.4 is 10.1 Å². The number of pyridine rings is 1. The molecule has 1 unspecified atom stereocenters. The number of methoxy groups -OCH3 is 1. The molecule has 140 valence electrons. The highest BCUT2D eigenvalue weighted by Crippen LogP contribution is 2.34. The summed E-state index contributed by atoms with van der Waals surface area (Å²) in [5, 5.41) is 8.32. The van der Waals surface area contributed by atoms with E-state index in [2.05, 4.69) is 15.4 Å². The molecule has 1 fully saturated rings. The van der Waals surface area contributed by atoms with E-state index in [0.717, 1.165) is 47.4 Å². The van der Waals surface area contributed by atoms with E-state index in [4.69, 9.17) is 4.74 Å². The van der Waals surface area contributed by atoms with Crippen molar-refractivity contribution in [2.75, 3.05) is 19.0 Å². The number of nitrogens with one attached hydrogen (secondary N) is 1. The molecule has 2 amide bonds. The quantitative estimate of drug-likeness (QED) is 0.769. The van der Waals surface area contributed by atoms with Gasteiger partial charge in [-0.3, -0.25) is 4.68 Å². The zero-order chi connectivity index (χ0) is 19.0. The van der Waals surface area contributed by atoms with Gasteiger partial charge in [0.1, 0.15) is 5.75 Å². The predicted molar refractivity (Wildman–Crippen MR) is 104 cm³/mol. The van der Waals surface area contributed by atoms with Crippen LogP contribution in [0.15, 0.2) is 36.5 Å². The molecule has 7 nitrogen and oxygen atoms in total. The molecule has 0 bridgehead atoms. The summed E-state index contributed by atoms with van der Waals surface area (Å²) in [6, 6.07) is 9.80. The summed E-state index contributed by atoms with van der Waals surface area (Å²) in [6.07, 6.45) is 3.60. The molecule has 4 rings (SSSR count). The van der Waals surface area contributed by atoms with Gasteiger partial charge >= 0.3 is 6.03 Å². The van der Waals surface area contributed by atoms with Crippen LogP contribution in [0.25, 0.3) is 11.0 Å². The first-order valence-electron chi connectivity index (χ1n) is 9.08. The van der Waals surface area contributed by atoms with Gasteiger partial charge in [-0.15, -0.1) is 0 Å². The van der Waals surface area contributed by atoms with Crippen LogP contribution in [0.3, 0.4) is 0 Å². The maximum atomic E-state index is 12.9. The molecular weight excluding hydrogens is 342 g/mol. The van der Waals surface area contributed by atoms with Gasteiger partial charge in [-0.05, 0) is 43.5 Å². The number of benzene rings is 1. The third-order valence-corrected chi connectivity index (χ3v) is 5.11. The van der Waals surface area contributed by atoms with E-state index in [1.807, 2.05) is 49.2 Å². The summed E-state index contributed by atoms with van der Waals surface area (Å²) in [5.74, 6) is 0.807. The van der Waals surface area contributed by atoms with Crippen molar-refractivity contribution in [3.8, 4) is 5.75 Å². The second kappa shape index (κ2) is 6.90. The van der Waals surface area contributed by atoms with Crippen molar-refractivity contribution < 1.29 is 9.53 Å². The Labute approximate surface area is 157 Å². The van der Waals surface area contributed by atoms with Crippen molar-refractivity contribution in [2.45, 2.75) is 25.8 Å². The first kappa shape index (κ1) is 17.3. The number of anilines is 1. The van der Waals surface area contributed by atoms with E-state index in [1.54, 1.807) is 18.0 Å². The second-order valence-electron chi connectivity index (χ2n) is 6.86. The lowest BCUT2D eigenvalue weighted by molar-refractivity contribution is 0.207.